The van der Waals surface area contributed by atoms with Gasteiger partial charge >= 0.3 is 0 Å². The number of fused-ring (bicyclic) bond motifs is 11. The molecule has 7 aromatic carbocycles. The van der Waals surface area contributed by atoms with Gasteiger partial charge in [-0.15, -0.1) is 0 Å². The molecule has 4 aromatic heterocycles. The number of rotatable bonds is 5. The fourth-order valence-corrected chi connectivity index (χ4v) is 8.04. The average molecular weight is 679 g/mol. The number of hydrogen-bond donors (Lipinski definition) is 0. The Hall–Kier alpha value is -7.24. The van der Waals surface area contributed by atoms with Gasteiger partial charge in [0.25, 0.3) is 0 Å². The van der Waals surface area contributed by atoms with Crippen LogP contribution in [-0.2, 0) is 0 Å². The lowest BCUT2D eigenvalue weighted by molar-refractivity contribution is 0.484. The third-order valence-corrected chi connectivity index (χ3v) is 10.4. The average Bonchev–Trinajstić information content (AvgIpc) is 3.78. The highest BCUT2D eigenvalue weighted by Gasteiger charge is 2.19. The first-order chi connectivity index (χ1) is 26.3. The quantitative estimate of drug-likeness (QED) is 0.170. The summed E-state index contributed by atoms with van der Waals surface area (Å²) in [5, 5.41) is 5.64. The van der Waals surface area contributed by atoms with E-state index in [-0.39, 0.29) is 0 Å². The van der Waals surface area contributed by atoms with Crippen molar-refractivity contribution in [3.05, 3.63) is 182 Å². The van der Waals surface area contributed by atoms with Gasteiger partial charge in [0.05, 0.1) is 27.6 Å². The van der Waals surface area contributed by atoms with Gasteiger partial charge in [-0.2, -0.15) is 0 Å². The van der Waals surface area contributed by atoms with Crippen LogP contribution in [0.2, 0.25) is 0 Å². The SMILES string of the molecule is c1ccc(-c2cc3c4ccc(Oc5ccc6c7ccccc7n(-c7ccccn7)c6c5)cc4c4nc5ccccc5n4c3cc2-c2ccccc2)cc1. The standard InChI is InChI=1S/C48H30N4O/c1-3-13-31(14-4-1)38-29-40-35-24-22-33(53-34-23-25-37-36-17-7-9-19-43(36)51(45(37)28-34)47-21-11-12-26-49-47)27-41(35)48-50-42-18-8-10-20-44(42)52(48)46(40)30-39(38)32-15-5-2-6-16-32/h1-30H. The number of imidazole rings is 1. The van der Waals surface area contributed by atoms with Crippen molar-refractivity contribution < 1.29 is 4.74 Å². The molecule has 0 bridgehead atoms. The molecule has 5 heteroatoms. The van der Waals surface area contributed by atoms with E-state index in [0.717, 1.165) is 72.1 Å². The van der Waals surface area contributed by atoms with Crippen LogP contribution in [0.25, 0.3) is 88.2 Å². The van der Waals surface area contributed by atoms with Crippen molar-refractivity contribution in [1.29, 1.82) is 0 Å². The Morgan fingerprint density at radius 3 is 1.83 bits per heavy atom. The summed E-state index contributed by atoms with van der Waals surface area (Å²) in [4.78, 5) is 9.93. The van der Waals surface area contributed by atoms with Gasteiger partial charge in [0.2, 0.25) is 0 Å². The zero-order valence-electron chi connectivity index (χ0n) is 28.5. The van der Waals surface area contributed by atoms with E-state index in [1.54, 1.807) is 0 Å². The number of para-hydroxylation sites is 3. The van der Waals surface area contributed by atoms with E-state index in [1.807, 2.05) is 24.4 Å². The second-order valence-corrected chi connectivity index (χ2v) is 13.4. The van der Waals surface area contributed by atoms with Crippen molar-refractivity contribution in [3.63, 3.8) is 0 Å². The Kier molecular flexibility index (Phi) is 6.48. The summed E-state index contributed by atoms with van der Waals surface area (Å²) < 4.78 is 11.2. The van der Waals surface area contributed by atoms with E-state index < -0.39 is 0 Å². The molecule has 11 rings (SSSR count). The molecule has 53 heavy (non-hydrogen) atoms. The predicted octanol–water partition coefficient (Wildman–Crippen LogP) is 12.4. The Morgan fingerprint density at radius 2 is 1.06 bits per heavy atom. The van der Waals surface area contributed by atoms with Crippen LogP contribution in [0.1, 0.15) is 0 Å². The molecule has 0 radical (unpaired) electrons. The van der Waals surface area contributed by atoms with Gasteiger partial charge in [0.1, 0.15) is 23.0 Å². The number of aromatic nitrogens is 4. The molecule has 0 aliphatic carbocycles. The van der Waals surface area contributed by atoms with Crippen molar-refractivity contribution in [1.82, 2.24) is 18.9 Å². The molecule has 11 aromatic rings. The first kappa shape index (κ1) is 29.5. The van der Waals surface area contributed by atoms with Crippen molar-refractivity contribution in [2.24, 2.45) is 0 Å². The lowest BCUT2D eigenvalue weighted by atomic mass is 9.91. The van der Waals surface area contributed by atoms with E-state index in [2.05, 4.69) is 167 Å². The van der Waals surface area contributed by atoms with E-state index in [1.165, 1.54) is 27.6 Å². The molecule has 0 fully saturated rings. The number of nitrogens with zero attached hydrogens (tertiary/aromatic N) is 4. The molecular formula is C48H30N4O. The third-order valence-electron chi connectivity index (χ3n) is 10.4. The number of hydrogen-bond acceptors (Lipinski definition) is 3. The summed E-state index contributed by atoms with van der Waals surface area (Å²) >= 11 is 0. The smallest absolute Gasteiger partial charge is 0.146 e. The van der Waals surface area contributed by atoms with Crippen molar-refractivity contribution in [2.45, 2.75) is 0 Å². The van der Waals surface area contributed by atoms with Crippen LogP contribution in [0, 0.1) is 0 Å². The Bertz CT molecular complexity index is 3180. The fourth-order valence-electron chi connectivity index (χ4n) is 8.04. The molecule has 0 saturated heterocycles. The van der Waals surface area contributed by atoms with Crippen LogP contribution in [0.4, 0.5) is 0 Å². The van der Waals surface area contributed by atoms with E-state index in [4.69, 9.17) is 14.7 Å². The Morgan fingerprint density at radius 1 is 0.415 bits per heavy atom. The van der Waals surface area contributed by atoms with Gasteiger partial charge in [-0.3, -0.25) is 8.97 Å². The summed E-state index contributed by atoms with van der Waals surface area (Å²) in [6.45, 7) is 0. The molecule has 0 N–H and O–H groups in total. The van der Waals surface area contributed by atoms with Gasteiger partial charge in [0.15, 0.2) is 0 Å². The van der Waals surface area contributed by atoms with Crippen LogP contribution in [0.5, 0.6) is 11.5 Å². The largest absolute Gasteiger partial charge is 0.457 e. The molecule has 0 atom stereocenters. The molecule has 0 unspecified atom stereocenters. The van der Waals surface area contributed by atoms with Gasteiger partial charge < -0.3 is 4.74 Å². The van der Waals surface area contributed by atoms with Crippen LogP contribution in [0.15, 0.2) is 182 Å². The maximum absolute atomic E-state index is 6.72. The number of benzene rings is 7. The molecule has 0 spiro atoms. The molecule has 0 aliphatic rings. The summed E-state index contributed by atoms with van der Waals surface area (Å²) in [6, 6.07) is 61.6. The Labute approximate surface area is 304 Å². The van der Waals surface area contributed by atoms with E-state index in [9.17, 15) is 0 Å². The fraction of sp³-hybridized carbons (Fsp3) is 0. The second kappa shape index (κ2) is 11.7. The highest BCUT2D eigenvalue weighted by molar-refractivity contribution is 6.16. The first-order valence-corrected chi connectivity index (χ1v) is 17.8. The van der Waals surface area contributed by atoms with Gasteiger partial charge in [-0.25, -0.2) is 9.97 Å². The Balaban J connectivity index is 1.14. The zero-order chi connectivity index (χ0) is 34.9. The topological polar surface area (TPSA) is 44.3 Å². The van der Waals surface area contributed by atoms with Crippen LogP contribution in [0.3, 0.4) is 0 Å². The van der Waals surface area contributed by atoms with Crippen molar-refractivity contribution in [2.75, 3.05) is 0 Å². The van der Waals surface area contributed by atoms with Crippen LogP contribution >= 0.6 is 0 Å². The second-order valence-electron chi connectivity index (χ2n) is 13.4. The minimum atomic E-state index is 0.745. The third kappa shape index (κ3) is 4.64. The molecule has 4 heterocycles. The van der Waals surface area contributed by atoms with Gasteiger partial charge in [-0.1, -0.05) is 97.1 Å². The van der Waals surface area contributed by atoms with Crippen LogP contribution in [-0.4, -0.2) is 18.9 Å². The molecular weight excluding hydrogens is 649 g/mol. The maximum Gasteiger partial charge on any atom is 0.146 e. The molecule has 248 valence electrons. The highest BCUT2D eigenvalue weighted by atomic mass is 16.5. The minimum Gasteiger partial charge on any atom is -0.457 e. The normalized spacial score (nSPS) is 11.8. The van der Waals surface area contributed by atoms with E-state index >= 15 is 0 Å². The summed E-state index contributed by atoms with van der Waals surface area (Å²) in [6.07, 6.45) is 1.83. The molecule has 5 nitrogen and oxygen atoms in total. The molecule has 0 amide bonds. The number of ether oxygens (including phenoxy) is 1. The predicted molar refractivity (Wildman–Crippen MR) is 217 cm³/mol. The van der Waals surface area contributed by atoms with Crippen molar-refractivity contribution >= 4 is 60.2 Å². The van der Waals surface area contributed by atoms with Gasteiger partial charge in [0, 0.05) is 33.8 Å². The number of pyridine rings is 2. The lowest BCUT2D eigenvalue weighted by Crippen LogP contribution is -1.96. The monoisotopic (exact) mass is 678 g/mol. The maximum atomic E-state index is 6.72. The summed E-state index contributed by atoms with van der Waals surface area (Å²) in [5.74, 6) is 2.36. The molecule has 0 aliphatic heterocycles. The molecule has 0 saturated carbocycles. The van der Waals surface area contributed by atoms with Gasteiger partial charge in [-0.05, 0) is 100 Å². The lowest BCUT2D eigenvalue weighted by Gasteiger charge is -2.16. The first-order valence-electron chi connectivity index (χ1n) is 17.8. The van der Waals surface area contributed by atoms with E-state index in [0.29, 0.717) is 0 Å². The van der Waals surface area contributed by atoms with Crippen molar-refractivity contribution in [3.8, 4) is 39.6 Å². The summed E-state index contributed by atoms with van der Waals surface area (Å²) in [7, 11) is 0. The highest BCUT2D eigenvalue weighted by Crippen LogP contribution is 2.42. The minimum absolute atomic E-state index is 0.745. The van der Waals surface area contributed by atoms with Crippen LogP contribution < -0.4 is 4.74 Å². The summed E-state index contributed by atoms with van der Waals surface area (Å²) in [5.41, 5.74) is 10.9. The zero-order valence-corrected chi connectivity index (χ0v) is 28.5.